The van der Waals surface area contributed by atoms with Crippen molar-refractivity contribution in [2.75, 3.05) is 85.9 Å². The molecule has 0 aliphatic heterocycles. The van der Waals surface area contributed by atoms with Crippen molar-refractivity contribution in [1.29, 1.82) is 0 Å². The Morgan fingerprint density at radius 3 is 0.716 bits per heavy atom. The molecule has 116 heavy (non-hydrogen) atoms. The van der Waals surface area contributed by atoms with Crippen LogP contribution in [0, 0.1) is 0 Å². The van der Waals surface area contributed by atoms with Crippen LogP contribution in [0.2, 0.25) is 0 Å². The van der Waals surface area contributed by atoms with Gasteiger partial charge in [0.15, 0.2) is 6.61 Å². The summed E-state index contributed by atoms with van der Waals surface area (Å²) in [5.41, 5.74) is -23.5. The molecule has 3 atom stereocenters. The SMILES string of the molecule is C=C(C)C(=O)OCC(=O)OCCOCC(CC(F)(F)C(F)(F)C(F)(C(F)(F)F)C(F)(F)F)OC(=O)C(C)(F)F.C=C(C)C(=O)OCCOC(=O)COCC(CC(F)(F)C(F)(F)C(F)(C(F)(F)F)C(F)(F)F)OC(=O)C(C)(F)F.C=C(C)C(=O)OCCOCCOCC(CC(F)(F)C(F)(F)C(F)(C(F)(F)F)C(F)(F)F)OC(=O)C(C)(F)F. The van der Waals surface area contributed by atoms with Gasteiger partial charge in [-0.15, -0.1) is 0 Å². The molecule has 0 bridgehead atoms. The van der Waals surface area contributed by atoms with E-state index in [2.05, 4.69) is 71.8 Å². The Bertz CT molecular complexity index is 3230. The van der Waals surface area contributed by atoms with Crippen LogP contribution in [0.5, 0.6) is 0 Å². The van der Waals surface area contributed by atoms with Crippen molar-refractivity contribution in [2.24, 2.45) is 0 Å². The second-order valence-corrected chi connectivity index (χ2v) is 23.1. The van der Waals surface area contributed by atoms with E-state index in [4.69, 9.17) is 4.74 Å². The summed E-state index contributed by atoms with van der Waals surface area (Å²) >= 11 is 0. The van der Waals surface area contributed by atoms with E-state index in [1.165, 1.54) is 20.8 Å². The molecule has 0 fully saturated rings. The van der Waals surface area contributed by atoms with Crippen molar-refractivity contribution in [3.63, 3.8) is 0 Å². The fourth-order valence-electron chi connectivity index (χ4n) is 6.92. The lowest BCUT2D eigenvalue weighted by Gasteiger charge is -2.40. The Balaban J connectivity index is -0.00000165. The second-order valence-electron chi connectivity index (χ2n) is 23.1. The van der Waals surface area contributed by atoms with Gasteiger partial charge in [-0.3, -0.25) is 0 Å². The molecule has 59 heteroatoms. The maximum Gasteiger partial charge on any atom is 0.438 e. The van der Waals surface area contributed by atoms with E-state index in [9.17, 15) is 210 Å². The molecule has 3 unspecified atom stereocenters. The van der Waals surface area contributed by atoms with Crippen LogP contribution in [0.25, 0.3) is 0 Å². The van der Waals surface area contributed by atoms with Crippen molar-refractivity contribution in [2.45, 2.75) is 186 Å². The van der Waals surface area contributed by atoms with E-state index in [0.717, 1.165) is 0 Å². The predicted octanol–water partition coefficient (Wildman–Crippen LogP) is 14.7. The van der Waals surface area contributed by atoms with Crippen LogP contribution in [0.4, 0.5) is 171 Å². The number of carbonyl (C=O) groups excluding carboxylic acids is 8. The molecule has 0 radical (unpaired) electrons. The minimum absolute atomic E-state index is 0.0410. The first-order chi connectivity index (χ1) is 51.3. The van der Waals surface area contributed by atoms with Crippen LogP contribution in [-0.4, -0.2) is 259 Å². The average Bonchev–Trinajstić information content (AvgIpc) is 0.724. The molecule has 0 saturated carbocycles. The fourth-order valence-corrected chi connectivity index (χ4v) is 6.92. The van der Waals surface area contributed by atoms with Crippen molar-refractivity contribution in [3.8, 4) is 0 Å². The van der Waals surface area contributed by atoms with E-state index in [1.807, 2.05) is 0 Å². The van der Waals surface area contributed by atoms with Crippen LogP contribution >= 0.6 is 0 Å². The quantitative estimate of drug-likeness (QED) is 0.0181. The summed E-state index contributed by atoms with van der Waals surface area (Å²) in [6.45, 7) is 0.842. The van der Waals surface area contributed by atoms with Gasteiger partial charge >= 0.3 is 155 Å². The number of hydrogen-bond acceptors (Lipinski definition) is 20. The van der Waals surface area contributed by atoms with Gasteiger partial charge < -0.3 is 56.8 Å². The summed E-state index contributed by atoms with van der Waals surface area (Å²) in [7, 11) is 0. The number of alkyl halides is 39. The van der Waals surface area contributed by atoms with Crippen molar-refractivity contribution in [3.05, 3.63) is 36.5 Å². The Morgan fingerprint density at radius 1 is 0.267 bits per heavy atom. The third kappa shape index (κ3) is 31.1. The maximum absolute atomic E-state index is 14.1. The number of esters is 8. The first kappa shape index (κ1) is 112. The summed E-state index contributed by atoms with van der Waals surface area (Å²) in [5, 5.41) is 0. The largest absolute Gasteiger partial charge is 0.461 e. The van der Waals surface area contributed by atoms with Gasteiger partial charge in [-0.05, 0) is 20.8 Å². The van der Waals surface area contributed by atoms with Crippen LogP contribution in [0.3, 0.4) is 0 Å². The topological polar surface area (TPSA) is 247 Å². The molecular weight excluding hydrogens is 1750 g/mol. The number of halogens is 39. The summed E-state index contributed by atoms with van der Waals surface area (Å²) in [4.78, 5) is 89.9. The molecule has 0 aliphatic carbocycles. The molecule has 680 valence electrons. The van der Waals surface area contributed by atoms with Gasteiger partial charge in [0.05, 0.1) is 65.5 Å². The lowest BCUT2D eigenvalue weighted by molar-refractivity contribution is -0.428. The third-order valence-corrected chi connectivity index (χ3v) is 12.8. The fraction of sp³-hybridized carbons (Fsp3) is 0.754. The molecule has 0 aromatic rings. The predicted molar refractivity (Wildman–Crippen MR) is 295 cm³/mol. The van der Waals surface area contributed by atoms with Crippen molar-refractivity contribution in [1.82, 2.24) is 0 Å². The first-order valence-corrected chi connectivity index (χ1v) is 29.9. The Kier molecular flexibility index (Phi) is 40.3. The van der Waals surface area contributed by atoms with E-state index < -0.39 is 265 Å². The molecule has 0 saturated heterocycles. The normalized spacial score (nSPS) is 14.5. The minimum Gasteiger partial charge on any atom is -0.461 e. The van der Waals surface area contributed by atoms with Gasteiger partial charge in [-0.1, -0.05) is 19.7 Å². The molecule has 20 nitrogen and oxygen atoms in total. The molecule has 0 aromatic heterocycles. The van der Waals surface area contributed by atoms with Crippen LogP contribution in [-0.2, 0) is 95.2 Å². The number of hydrogen-bond donors (Lipinski definition) is 0. The average molecular weight is 1810 g/mol. The van der Waals surface area contributed by atoms with Gasteiger partial charge in [-0.2, -0.15) is 158 Å². The van der Waals surface area contributed by atoms with Gasteiger partial charge in [0.25, 0.3) is 0 Å². The standard InChI is InChI=1S/2C19H19F13O7.C19H21F13O6/c1-9(2)12(34)38-5-4-37-11(33)8-36-7-10(39-13(35)14(3,20)21)6-15(22,23)17(25,26)16(24,18(27,28)29)19(30,31)32;1-9(2)12(34)38-8-11(33)37-5-4-36-7-10(39-13(35)14(3,20)21)6-15(22,23)17(25,26)16(24,18(27,28)29)19(30,31)32;1-10(2)12(33)37-7-6-35-4-5-36-9-11(38-13(34)14(3,20)21)8-15(22,23)17(25,26)16(24,18(27,28)29)19(30,31)32/h2*10H,1,4-8H2,2-3H3;11H,1,4-9H2,2-3H3. The Hall–Kier alpha value is -7.91. The van der Waals surface area contributed by atoms with Crippen molar-refractivity contribution >= 4 is 47.8 Å². The summed E-state index contributed by atoms with van der Waals surface area (Å²) < 4.78 is 567. The van der Waals surface area contributed by atoms with E-state index in [1.54, 1.807) is 0 Å². The zero-order valence-electron chi connectivity index (χ0n) is 58.6. The molecular formula is C57H59F39O20. The Labute approximate surface area is 622 Å². The molecule has 0 spiro atoms. The lowest BCUT2D eigenvalue weighted by atomic mass is 9.88. The van der Waals surface area contributed by atoms with Crippen LogP contribution < -0.4 is 0 Å². The minimum atomic E-state index is -7.84. The van der Waals surface area contributed by atoms with Crippen LogP contribution in [0.15, 0.2) is 36.5 Å². The summed E-state index contributed by atoms with van der Waals surface area (Å²) in [6, 6.07) is 0. The van der Waals surface area contributed by atoms with E-state index >= 15 is 0 Å². The highest BCUT2D eigenvalue weighted by Gasteiger charge is 2.92. The maximum atomic E-state index is 14.1. The number of carbonyl (C=O) groups is 8. The highest BCUT2D eigenvalue weighted by Crippen LogP contribution is 2.63. The smallest absolute Gasteiger partial charge is 0.438 e. The molecule has 0 amide bonds. The summed E-state index contributed by atoms with van der Waals surface area (Å²) in [6.07, 6.45) is -64.2. The van der Waals surface area contributed by atoms with Gasteiger partial charge in [0, 0.05) is 37.5 Å². The van der Waals surface area contributed by atoms with Crippen LogP contribution in [0.1, 0.15) is 60.8 Å². The van der Waals surface area contributed by atoms with E-state index in [-0.39, 0.29) is 50.7 Å². The van der Waals surface area contributed by atoms with Gasteiger partial charge in [0.1, 0.15) is 51.3 Å². The highest BCUT2D eigenvalue weighted by atomic mass is 19.5. The summed E-state index contributed by atoms with van der Waals surface area (Å²) in [5.74, 6) is -69.8. The molecule has 0 aliphatic rings. The number of ether oxygens (including phenoxy) is 12. The first-order valence-electron chi connectivity index (χ1n) is 29.9. The lowest BCUT2D eigenvalue weighted by Crippen LogP contribution is -2.70. The highest BCUT2D eigenvalue weighted by molar-refractivity contribution is 5.89. The monoisotopic (exact) mass is 1800 g/mol. The van der Waals surface area contributed by atoms with Gasteiger partial charge in [0.2, 0.25) is 0 Å². The molecule has 0 heterocycles. The molecule has 0 rings (SSSR count). The zero-order valence-corrected chi connectivity index (χ0v) is 58.6. The molecule has 0 N–H and O–H groups in total. The van der Waals surface area contributed by atoms with E-state index in [0.29, 0.717) is 0 Å². The van der Waals surface area contributed by atoms with Gasteiger partial charge in [-0.25, -0.2) is 51.5 Å². The zero-order chi connectivity index (χ0) is 92.9. The Morgan fingerprint density at radius 2 is 0.466 bits per heavy atom. The second kappa shape index (κ2) is 41.7. The molecule has 0 aromatic carbocycles. The number of rotatable bonds is 43. The third-order valence-electron chi connectivity index (χ3n) is 12.8. The van der Waals surface area contributed by atoms with Crippen molar-refractivity contribution < 1.29 is 266 Å².